The summed E-state index contributed by atoms with van der Waals surface area (Å²) in [5, 5.41) is 9.40. The monoisotopic (exact) mass is 335 g/mol. The Balaban J connectivity index is 1.36. The minimum atomic E-state index is -0.734. The van der Waals surface area contributed by atoms with E-state index in [1.54, 1.807) is 4.90 Å². The molecule has 4 aliphatic rings. The molecule has 0 aromatic carbocycles. The summed E-state index contributed by atoms with van der Waals surface area (Å²) < 4.78 is 0. The Kier molecular flexibility index (Phi) is 3.98. The summed E-state index contributed by atoms with van der Waals surface area (Å²) >= 11 is 0. The van der Waals surface area contributed by atoms with E-state index in [0.717, 1.165) is 71.1 Å². The van der Waals surface area contributed by atoms with Crippen LogP contribution in [0.4, 0.5) is 4.79 Å². The molecule has 0 aromatic rings. The largest absolute Gasteiger partial charge is 0.465 e. The zero-order valence-electron chi connectivity index (χ0n) is 14.6. The summed E-state index contributed by atoms with van der Waals surface area (Å²) in [6, 6.07) is 0.992. The second-order valence-electron chi connectivity index (χ2n) is 8.32. The molecule has 2 bridgehead atoms. The van der Waals surface area contributed by atoms with Gasteiger partial charge in [-0.05, 0) is 64.0 Å². The molecule has 2 amide bonds. The lowest BCUT2D eigenvalue weighted by atomic mass is 9.77. The summed E-state index contributed by atoms with van der Waals surface area (Å²) in [5.41, 5.74) is 0.213. The van der Waals surface area contributed by atoms with Crippen molar-refractivity contribution < 1.29 is 14.7 Å². The lowest BCUT2D eigenvalue weighted by Crippen LogP contribution is -2.54. The van der Waals surface area contributed by atoms with Crippen LogP contribution in [0.15, 0.2) is 0 Å². The van der Waals surface area contributed by atoms with Crippen molar-refractivity contribution in [3.8, 4) is 0 Å². The van der Waals surface area contributed by atoms with E-state index in [1.165, 1.54) is 0 Å². The minimum Gasteiger partial charge on any atom is -0.465 e. The average molecular weight is 335 g/mol. The number of hydrogen-bond acceptors (Lipinski definition) is 3. The van der Waals surface area contributed by atoms with Gasteiger partial charge in [-0.25, -0.2) is 4.79 Å². The van der Waals surface area contributed by atoms with Crippen molar-refractivity contribution in [1.29, 1.82) is 0 Å². The molecule has 0 radical (unpaired) electrons. The lowest BCUT2D eigenvalue weighted by molar-refractivity contribution is -0.127. The Morgan fingerprint density at radius 3 is 2.29 bits per heavy atom. The number of carboxylic acid groups (broad SMARTS) is 1. The van der Waals surface area contributed by atoms with Gasteiger partial charge in [0.15, 0.2) is 0 Å². The first-order chi connectivity index (χ1) is 11.5. The van der Waals surface area contributed by atoms with Gasteiger partial charge >= 0.3 is 6.09 Å². The first-order valence-corrected chi connectivity index (χ1v) is 9.54. The first-order valence-electron chi connectivity index (χ1n) is 9.54. The smallest absolute Gasteiger partial charge is 0.407 e. The number of amides is 2. The van der Waals surface area contributed by atoms with Gasteiger partial charge in [0.25, 0.3) is 0 Å². The molecule has 4 aliphatic heterocycles. The maximum absolute atomic E-state index is 12.1. The van der Waals surface area contributed by atoms with Crippen LogP contribution in [0.2, 0.25) is 0 Å². The third kappa shape index (κ3) is 2.59. The van der Waals surface area contributed by atoms with Crippen molar-refractivity contribution in [1.82, 2.24) is 14.7 Å². The normalized spacial score (nSPS) is 35.9. The second kappa shape index (κ2) is 5.90. The van der Waals surface area contributed by atoms with Gasteiger partial charge < -0.3 is 19.8 Å². The van der Waals surface area contributed by atoms with Crippen LogP contribution in [0.25, 0.3) is 0 Å². The molecule has 1 spiro atoms. The van der Waals surface area contributed by atoms with E-state index in [1.807, 2.05) is 4.90 Å². The molecule has 0 aliphatic carbocycles. The fourth-order valence-corrected chi connectivity index (χ4v) is 5.73. The molecular formula is C18H29N3O3. The van der Waals surface area contributed by atoms with E-state index in [2.05, 4.69) is 11.8 Å². The summed E-state index contributed by atoms with van der Waals surface area (Å²) in [4.78, 5) is 29.9. The van der Waals surface area contributed by atoms with Crippen molar-refractivity contribution >= 4 is 12.0 Å². The van der Waals surface area contributed by atoms with Crippen LogP contribution in [0.1, 0.15) is 51.9 Å². The second-order valence-corrected chi connectivity index (χ2v) is 8.32. The zero-order valence-corrected chi connectivity index (χ0v) is 14.6. The van der Waals surface area contributed by atoms with Crippen LogP contribution in [-0.2, 0) is 4.79 Å². The molecule has 2 unspecified atom stereocenters. The van der Waals surface area contributed by atoms with Crippen LogP contribution >= 0.6 is 0 Å². The lowest BCUT2D eigenvalue weighted by Gasteiger charge is -2.46. The van der Waals surface area contributed by atoms with Crippen LogP contribution in [0, 0.1) is 5.41 Å². The number of nitrogens with zero attached hydrogens (tertiary/aromatic N) is 3. The van der Waals surface area contributed by atoms with Crippen molar-refractivity contribution in [3.63, 3.8) is 0 Å². The van der Waals surface area contributed by atoms with Gasteiger partial charge in [0, 0.05) is 37.6 Å². The van der Waals surface area contributed by atoms with E-state index in [9.17, 15) is 14.7 Å². The van der Waals surface area contributed by atoms with Gasteiger partial charge in [-0.15, -0.1) is 0 Å². The molecule has 6 nitrogen and oxygen atoms in total. The molecule has 4 fully saturated rings. The van der Waals surface area contributed by atoms with Crippen LogP contribution in [0.5, 0.6) is 0 Å². The number of hydrogen-bond donors (Lipinski definition) is 1. The summed E-state index contributed by atoms with van der Waals surface area (Å²) in [6.07, 6.45) is 6.29. The van der Waals surface area contributed by atoms with Gasteiger partial charge in [-0.2, -0.15) is 0 Å². The minimum absolute atomic E-state index is 0.213. The van der Waals surface area contributed by atoms with E-state index in [4.69, 9.17) is 0 Å². The summed E-state index contributed by atoms with van der Waals surface area (Å²) in [5.74, 6) is 0.332. The van der Waals surface area contributed by atoms with Gasteiger partial charge in [0.2, 0.25) is 5.91 Å². The molecule has 0 aromatic heterocycles. The predicted octanol–water partition coefficient (Wildman–Crippen LogP) is 1.99. The average Bonchev–Trinajstić information content (AvgIpc) is 3.02. The van der Waals surface area contributed by atoms with E-state index in [0.29, 0.717) is 11.9 Å². The van der Waals surface area contributed by atoms with Crippen LogP contribution in [-0.4, -0.2) is 76.1 Å². The number of carbonyl (C=O) groups is 2. The van der Waals surface area contributed by atoms with Crippen molar-refractivity contribution in [2.24, 2.45) is 5.41 Å². The van der Waals surface area contributed by atoms with Gasteiger partial charge in [-0.3, -0.25) is 4.79 Å². The molecule has 4 rings (SSSR count). The van der Waals surface area contributed by atoms with E-state index >= 15 is 0 Å². The molecule has 24 heavy (non-hydrogen) atoms. The van der Waals surface area contributed by atoms with Gasteiger partial charge in [0.05, 0.1) is 0 Å². The molecule has 0 saturated carbocycles. The Labute approximate surface area is 143 Å². The van der Waals surface area contributed by atoms with Gasteiger partial charge in [-0.1, -0.05) is 0 Å². The molecular weight excluding hydrogens is 306 g/mol. The Bertz CT molecular complexity index is 516. The highest BCUT2D eigenvalue weighted by Gasteiger charge is 2.48. The van der Waals surface area contributed by atoms with Crippen molar-refractivity contribution in [3.05, 3.63) is 0 Å². The highest BCUT2D eigenvalue weighted by molar-refractivity contribution is 5.79. The maximum Gasteiger partial charge on any atom is 0.407 e. The predicted molar refractivity (Wildman–Crippen MR) is 89.8 cm³/mol. The van der Waals surface area contributed by atoms with Gasteiger partial charge in [0.1, 0.15) is 0 Å². The van der Waals surface area contributed by atoms with E-state index in [-0.39, 0.29) is 17.5 Å². The van der Waals surface area contributed by atoms with Crippen molar-refractivity contribution in [2.45, 2.75) is 70.0 Å². The maximum atomic E-state index is 12.1. The molecule has 2 atom stereocenters. The van der Waals surface area contributed by atoms with E-state index < -0.39 is 6.09 Å². The highest BCUT2D eigenvalue weighted by Crippen LogP contribution is 2.43. The Morgan fingerprint density at radius 1 is 1.17 bits per heavy atom. The Morgan fingerprint density at radius 2 is 1.79 bits per heavy atom. The topological polar surface area (TPSA) is 64.1 Å². The fraction of sp³-hybridized carbons (Fsp3) is 0.889. The van der Waals surface area contributed by atoms with Crippen LogP contribution in [0.3, 0.4) is 0 Å². The van der Waals surface area contributed by atoms with Crippen LogP contribution < -0.4 is 0 Å². The first kappa shape index (κ1) is 16.2. The summed E-state index contributed by atoms with van der Waals surface area (Å²) in [7, 11) is 0. The SMILES string of the molecule is CCN1CC2(CCN(C3CC4CCC(C3)N4C(=O)O)CC2)CC1=O. The molecule has 134 valence electrons. The molecule has 6 heteroatoms. The number of fused-ring (bicyclic) bond motifs is 2. The highest BCUT2D eigenvalue weighted by atomic mass is 16.4. The third-order valence-electron chi connectivity index (χ3n) is 7.09. The number of carbonyl (C=O) groups excluding carboxylic acids is 1. The number of rotatable bonds is 2. The standard InChI is InChI=1S/C18H29N3O3/c1-2-19-12-18(11-16(19)22)5-7-20(8-6-18)15-9-13-3-4-14(10-15)21(13)17(23)24/h13-15H,2-12H2,1H3,(H,23,24). The molecule has 4 saturated heterocycles. The number of likely N-dealkylation sites (tertiary alicyclic amines) is 2. The number of piperidine rings is 2. The fourth-order valence-electron chi connectivity index (χ4n) is 5.73. The zero-order chi connectivity index (χ0) is 16.9. The quantitative estimate of drug-likeness (QED) is 0.838. The molecule has 4 heterocycles. The summed E-state index contributed by atoms with van der Waals surface area (Å²) in [6.45, 7) is 5.99. The Hall–Kier alpha value is -1.30. The third-order valence-corrected chi connectivity index (χ3v) is 7.09. The van der Waals surface area contributed by atoms with Crippen molar-refractivity contribution in [2.75, 3.05) is 26.2 Å². The molecule has 1 N–H and O–H groups in total.